The average Bonchev–Trinajstić information content (AvgIpc) is 3.71. The van der Waals surface area contributed by atoms with Crippen molar-refractivity contribution in [3.8, 4) is 0 Å². The first-order valence-corrected chi connectivity index (χ1v) is 14.6. The number of allylic oxidation sites excluding steroid dienone is 3. The zero-order valence-corrected chi connectivity index (χ0v) is 23.8. The minimum Gasteiger partial charge on any atom is -0.478 e. The second-order valence-corrected chi connectivity index (χ2v) is 12.0. The summed E-state index contributed by atoms with van der Waals surface area (Å²) in [5, 5.41) is 13.7. The van der Waals surface area contributed by atoms with Crippen molar-refractivity contribution in [1.82, 2.24) is 9.80 Å². The van der Waals surface area contributed by atoms with Crippen molar-refractivity contribution in [3.63, 3.8) is 0 Å². The molecule has 208 valence electrons. The molecule has 1 N–H and O–H groups in total. The number of carboxylic acid groups (broad SMARTS) is 1. The van der Waals surface area contributed by atoms with Gasteiger partial charge in [0.2, 0.25) is 0 Å². The van der Waals surface area contributed by atoms with Crippen LogP contribution in [-0.2, 0) is 4.84 Å². The van der Waals surface area contributed by atoms with Gasteiger partial charge in [0.05, 0.1) is 11.3 Å². The highest BCUT2D eigenvalue weighted by atomic mass is 16.7. The Morgan fingerprint density at radius 3 is 2.67 bits per heavy atom. The number of likely N-dealkylation sites (tertiary alicyclic amines) is 1. The summed E-state index contributed by atoms with van der Waals surface area (Å²) in [7, 11) is 0. The Kier molecular flexibility index (Phi) is 8.13. The lowest BCUT2D eigenvalue weighted by atomic mass is 9.88. The maximum absolute atomic E-state index is 11.2. The van der Waals surface area contributed by atoms with Gasteiger partial charge in [0.25, 0.3) is 0 Å². The van der Waals surface area contributed by atoms with Crippen LogP contribution in [0.5, 0.6) is 0 Å². The molecule has 1 saturated heterocycles. The quantitative estimate of drug-likeness (QED) is 0.433. The number of aromatic carboxylic acids is 1. The van der Waals surface area contributed by atoms with E-state index in [0.29, 0.717) is 12.0 Å². The molecule has 0 bridgehead atoms. The summed E-state index contributed by atoms with van der Waals surface area (Å²) in [5.74, 6) is -0.220. The van der Waals surface area contributed by atoms with E-state index in [1.807, 2.05) is 12.1 Å². The third kappa shape index (κ3) is 6.55. The largest absolute Gasteiger partial charge is 0.478 e. The summed E-state index contributed by atoms with van der Waals surface area (Å²) in [4.78, 5) is 22.4. The number of carbonyl (C=O) groups is 1. The van der Waals surface area contributed by atoms with Gasteiger partial charge in [0, 0.05) is 44.7 Å². The Bertz CT molecular complexity index is 1220. The Labute approximate surface area is 233 Å². The smallest absolute Gasteiger partial charge is 0.335 e. The predicted octanol–water partition coefficient (Wildman–Crippen LogP) is 6.57. The summed E-state index contributed by atoms with van der Waals surface area (Å²) in [6.07, 6.45) is 14.5. The number of benzene rings is 1. The number of hydrogen-bond acceptors (Lipinski definition) is 5. The molecule has 1 aromatic rings. The molecule has 0 amide bonds. The first-order chi connectivity index (χ1) is 18.7. The van der Waals surface area contributed by atoms with Crippen LogP contribution in [0, 0.1) is 5.92 Å². The molecule has 1 spiro atoms. The van der Waals surface area contributed by atoms with Gasteiger partial charge in [-0.15, -0.1) is 0 Å². The van der Waals surface area contributed by atoms with Crippen LogP contribution < -0.4 is 0 Å². The van der Waals surface area contributed by atoms with E-state index in [2.05, 4.69) is 60.7 Å². The van der Waals surface area contributed by atoms with Crippen molar-refractivity contribution >= 4 is 11.7 Å². The molecule has 5 rings (SSSR count). The molecular formula is C33H43N3O3. The van der Waals surface area contributed by atoms with Gasteiger partial charge in [-0.3, -0.25) is 4.90 Å². The molecule has 0 aromatic heterocycles. The highest BCUT2D eigenvalue weighted by Crippen LogP contribution is 2.40. The number of nitrogens with zero attached hydrogens (tertiary/aromatic N) is 3. The van der Waals surface area contributed by atoms with Crippen LogP contribution >= 0.6 is 0 Å². The summed E-state index contributed by atoms with van der Waals surface area (Å²) in [5.41, 5.74) is 7.19. The molecule has 2 atom stereocenters. The zero-order chi connectivity index (χ0) is 27.6. The minimum atomic E-state index is -0.915. The topological polar surface area (TPSA) is 65.4 Å². The highest BCUT2D eigenvalue weighted by molar-refractivity contribution is 6.02. The van der Waals surface area contributed by atoms with Gasteiger partial charge in [-0.25, -0.2) is 4.79 Å². The Hall–Kier alpha value is -3.12. The van der Waals surface area contributed by atoms with Crippen LogP contribution in [0.15, 0.2) is 76.6 Å². The third-order valence-corrected chi connectivity index (χ3v) is 8.81. The molecule has 4 aliphatic rings. The Morgan fingerprint density at radius 1 is 1.21 bits per heavy atom. The fourth-order valence-corrected chi connectivity index (χ4v) is 5.97. The van der Waals surface area contributed by atoms with Crippen LogP contribution in [-0.4, -0.2) is 64.4 Å². The van der Waals surface area contributed by atoms with Crippen LogP contribution in [0.3, 0.4) is 0 Å². The molecule has 1 aromatic carbocycles. The summed E-state index contributed by atoms with van der Waals surface area (Å²) < 4.78 is 0. The normalized spacial score (nSPS) is 29.4. The second-order valence-electron chi connectivity index (χ2n) is 12.0. The van der Waals surface area contributed by atoms with Gasteiger partial charge in [-0.05, 0) is 92.8 Å². The summed E-state index contributed by atoms with van der Waals surface area (Å²) in [6.45, 7) is 15.2. The Balaban J connectivity index is 1.28. The first kappa shape index (κ1) is 27.4. The lowest BCUT2D eigenvalue weighted by Gasteiger charge is -2.30. The second kappa shape index (κ2) is 11.5. The zero-order valence-electron chi connectivity index (χ0n) is 23.8. The van der Waals surface area contributed by atoms with E-state index >= 15 is 0 Å². The van der Waals surface area contributed by atoms with Crippen molar-refractivity contribution in [2.75, 3.05) is 26.2 Å². The van der Waals surface area contributed by atoms with Crippen LogP contribution in [0.25, 0.3) is 0 Å². The van der Waals surface area contributed by atoms with Crippen LogP contribution in [0.1, 0.15) is 81.6 Å². The van der Waals surface area contributed by atoms with E-state index in [0.717, 1.165) is 75.1 Å². The number of hydrogen-bond donors (Lipinski definition) is 1. The van der Waals surface area contributed by atoms with Crippen molar-refractivity contribution in [1.29, 1.82) is 0 Å². The van der Waals surface area contributed by atoms with Crippen LogP contribution in [0.2, 0.25) is 0 Å². The van der Waals surface area contributed by atoms with Gasteiger partial charge in [0.1, 0.15) is 5.60 Å². The van der Waals surface area contributed by atoms with Crippen molar-refractivity contribution in [2.45, 2.75) is 77.4 Å². The molecule has 1 saturated carbocycles. The lowest BCUT2D eigenvalue weighted by molar-refractivity contribution is -0.0290. The molecule has 2 unspecified atom stereocenters. The molecule has 3 heterocycles. The van der Waals surface area contributed by atoms with E-state index < -0.39 is 5.97 Å². The van der Waals surface area contributed by atoms with E-state index in [1.165, 1.54) is 29.6 Å². The van der Waals surface area contributed by atoms with Gasteiger partial charge >= 0.3 is 5.97 Å². The van der Waals surface area contributed by atoms with E-state index in [9.17, 15) is 9.90 Å². The van der Waals surface area contributed by atoms with Gasteiger partial charge < -0.3 is 14.8 Å². The molecule has 2 fully saturated rings. The van der Waals surface area contributed by atoms with Crippen molar-refractivity contribution in [2.24, 2.45) is 11.1 Å². The van der Waals surface area contributed by atoms with Gasteiger partial charge in [-0.2, -0.15) is 0 Å². The fourth-order valence-electron chi connectivity index (χ4n) is 5.97. The molecule has 6 nitrogen and oxygen atoms in total. The minimum absolute atomic E-state index is 0.276. The molecule has 39 heavy (non-hydrogen) atoms. The maximum Gasteiger partial charge on any atom is 0.335 e. The third-order valence-electron chi connectivity index (χ3n) is 8.81. The van der Waals surface area contributed by atoms with E-state index in [-0.39, 0.29) is 11.2 Å². The van der Waals surface area contributed by atoms with Crippen molar-refractivity contribution in [3.05, 3.63) is 82.6 Å². The SMILES string of the molecule is C=C1/C=C(C2CC2)\C=C(\C)CN(C(C)CC)/C=C\1CN1CCCC2(CC1)CC(c1ccc(C(=O)O)cc1)=NO2. The van der Waals surface area contributed by atoms with Gasteiger partial charge in [0.15, 0.2) is 0 Å². The molecule has 0 radical (unpaired) electrons. The fraction of sp³-hybridized carbons (Fsp3) is 0.515. The average molecular weight is 530 g/mol. The lowest BCUT2D eigenvalue weighted by Crippen LogP contribution is -2.34. The number of rotatable bonds is 7. The van der Waals surface area contributed by atoms with E-state index in [1.54, 1.807) is 12.1 Å². The van der Waals surface area contributed by atoms with Gasteiger partial charge in [-0.1, -0.05) is 48.5 Å². The molecule has 6 heteroatoms. The number of oxime groups is 1. The van der Waals surface area contributed by atoms with Crippen LogP contribution in [0.4, 0.5) is 0 Å². The predicted molar refractivity (Wildman–Crippen MR) is 157 cm³/mol. The standard InChI is InChI=1S/C33H43N3O3/c1-5-25(4)36-20-23(2)17-29(26-7-8-26)18-24(3)30(22-36)21-35-15-6-13-33(14-16-35)19-31(34-39-33)27-9-11-28(12-10-27)32(37)38/h9-12,17-18,22,25-26H,3,5-8,13-16,19-21H2,1-2,4H3,(H,37,38)/b23-17-,29-18+,30-22-. The molecule has 3 aliphatic heterocycles. The highest BCUT2D eigenvalue weighted by Gasteiger charge is 2.41. The molecular weight excluding hydrogens is 486 g/mol. The van der Waals surface area contributed by atoms with E-state index in [4.69, 9.17) is 4.84 Å². The summed E-state index contributed by atoms with van der Waals surface area (Å²) in [6, 6.07) is 7.43. The maximum atomic E-state index is 11.2. The Morgan fingerprint density at radius 2 is 1.97 bits per heavy atom. The monoisotopic (exact) mass is 529 g/mol. The summed E-state index contributed by atoms with van der Waals surface area (Å²) >= 11 is 0. The molecule has 1 aliphatic carbocycles. The van der Waals surface area contributed by atoms with Crippen molar-refractivity contribution < 1.29 is 14.7 Å². The number of carboxylic acids is 1. The first-order valence-electron chi connectivity index (χ1n) is 14.6.